The molecule has 3 aromatic rings. The first kappa shape index (κ1) is 25.4. The summed E-state index contributed by atoms with van der Waals surface area (Å²) in [6.07, 6.45) is -2.26. The van der Waals surface area contributed by atoms with E-state index >= 15 is 0 Å². The molecule has 2 heterocycles. The highest BCUT2D eigenvalue weighted by atomic mass is 32.2. The van der Waals surface area contributed by atoms with Gasteiger partial charge in [-0.1, -0.05) is 12.1 Å². The second-order valence-electron chi connectivity index (χ2n) is 8.77. The Morgan fingerprint density at radius 2 is 1.74 bits per heavy atom. The smallest absolute Gasteiger partial charge is 0.378 e. The predicted octanol–water partition coefficient (Wildman–Crippen LogP) is 5.26. The van der Waals surface area contributed by atoms with Crippen molar-refractivity contribution in [2.75, 3.05) is 49.2 Å². The van der Waals surface area contributed by atoms with Gasteiger partial charge in [0.25, 0.3) is 5.56 Å². The van der Waals surface area contributed by atoms with E-state index < -0.39 is 18.5 Å². The molecule has 0 spiro atoms. The fraction of sp³-hybridized carbons (Fsp3) is 0.400. The molecular weight excluding hydrogens is 480 g/mol. The van der Waals surface area contributed by atoms with Crippen molar-refractivity contribution in [2.24, 2.45) is 7.05 Å². The van der Waals surface area contributed by atoms with Crippen LogP contribution in [0.1, 0.15) is 18.5 Å². The van der Waals surface area contributed by atoms with E-state index in [1.807, 2.05) is 48.4 Å². The lowest BCUT2D eigenvalue weighted by atomic mass is 9.99. The molecule has 1 aliphatic heterocycles. The predicted molar refractivity (Wildman–Crippen MR) is 134 cm³/mol. The first-order chi connectivity index (χ1) is 16.6. The zero-order chi connectivity index (χ0) is 25.3. The van der Waals surface area contributed by atoms with Crippen LogP contribution in [0.4, 0.5) is 29.1 Å². The number of aromatic nitrogens is 1. The Kier molecular flexibility index (Phi) is 7.32. The fourth-order valence-corrected chi connectivity index (χ4v) is 5.17. The number of nitrogens with one attached hydrogen (secondary N) is 1. The highest BCUT2D eigenvalue weighted by Gasteiger charge is 2.32. The van der Waals surface area contributed by atoms with Crippen LogP contribution >= 0.6 is 11.8 Å². The largest absolute Gasteiger partial charge is 0.401 e. The van der Waals surface area contributed by atoms with E-state index in [1.54, 1.807) is 18.8 Å². The standard InChI is InChI=1S/C25H28F4N4OS/c1-16(30-21-6-4-5-7-22(21)35-3)18-12-17(26)13-20-19(18)14-23(31(2)24(20)34)33-10-8-32(9-11-33)15-25(27,28)29/h4-7,12-14,16,30H,8-11,15H2,1-3H3/t16-/m1/s1. The molecule has 1 fully saturated rings. The van der Waals surface area contributed by atoms with Crippen LogP contribution in [0.15, 0.2) is 52.2 Å². The molecule has 35 heavy (non-hydrogen) atoms. The Bertz CT molecular complexity index is 1270. The molecule has 1 N–H and O–H groups in total. The summed E-state index contributed by atoms with van der Waals surface area (Å²) in [5, 5.41) is 4.34. The summed E-state index contributed by atoms with van der Waals surface area (Å²) in [5.74, 6) is 0.114. The molecule has 2 aromatic carbocycles. The Labute approximate surface area is 205 Å². The van der Waals surface area contributed by atoms with Crippen molar-refractivity contribution in [3.63, 3.8) is 0 Å². The number of alkyl halides is 3. The van der Waals surface area contributed by atoms with Crippen molar-refractivity contribution in [3.8, 4) is 0 Å². The zero-order valence-electron chi connectivity index (χ0n) is 19.8. The lowest BCUT2D eigenvalue weighted by Crippen LogP contribution is -2.50. The zero-order valence-corrected chi connectivity index (χ0v) is 20.6. The van der Waals surface area contributed by atoms with Crippen LogP contribution in [0, 0.1) is 5.82 Å². The Morgan fingerprint density at radius 3 is 2.40 bits per heavy atom. The van der Waals surface area contributed by atoms with E-state index in [2.05, 4.69) is 5.32 Å². The molecule has 1 aromatic heterocycles. The molecule has 1 atom stereocenters. The summed E-state index contributed by atoms with van der Waals surface area (Å²) in [7, 11) is 1.61. The monoisotopic (exact) mass is 508 g/mol. The van der Waals surface area contributed by atoms with E-state index in [1.165, 1.54) is 21.6 Å². The van der Waals surface area contributed by atoms with Gasteiger partial charge in [0.2, 0.25) is 0 Å². The molecule has 4 rings (SSSR count). The number of pyridine rings is 1. The highest BCUT2D eigenvalue weighted by molar-refractivity contribution is 7.98. The normalized spacial score (nSPS) is 16.0. The lowest BCUT2D eigenvalue weighted by molar-refractivity contribution is -0.146. The lowest BCUT2D eigenvalue weighted by Gasteiger charge is -2.37. The second kappa shape index (κ2) is 10.1. The van der Waals surface area contributed by atoms with E-state index in [0.29, 0.717) is 29.9 Å². The van der Waals surface area contributed by atoms with Gasteiger partial charge in [-0.05, 0) is 54.5 Å². The Balaban J connectivity index is 1.69. The summed E-state index contributed by atoms with van der Waals surface area (Å²) in [5.41, 5.74) is 1.22. The minimum Gasteiger partial charge on any atom is -0.378 e. The third-order valence-electron chi connectivity index (χ3n) is 6.37. The number of piperazine rings is 1. The number of thioether (sulfide) groups is 1. The van der Waals surface area contributed by atoms with Crippen LogP contribution in [0.5, 0.6) is 0 Å². The molecule has 0 amide bonds. The molecule has 1 aliphatic rings. The first-order valence-electron chi connectivity index (χ1n) is 11.3. The molecule has 0 saturated carbocycles. The summed E-state index contributed by atoms with van der Waals surface area (Å²) in [4.78, 5) is 17.6. The van der Waals surface area contributed by atoms with E-state index in [9.17, 15) is 22.4 Å². The van der Waals surface area contributed by atoms with Gasteiger partial charge in [-0.25, -0.2) is 4.39 Å². The van der Waals surface area contributed by atoms with Gasteiger partial charge in [0.05, 0.1) is 11.9 Å². The molecule has 5 nitrogen and oxygen atoms in total. The Hall–Kier alpha value is -2.72. The minimum atomic E-state index is -4.24. The van der Waals surface area contributed by atoms with Gasteiger partial charge in [0, 0.05) is 49.9 Å². The molecule has 0 radical (unpaired) electrons. The van der Waals surface area contributed by atoms with E-state index in [-0.39, 0.29) is 30.1 Å². The Morgan fingerprint density at radius 1 is 1.06 bits per heavy atom. The number of hydrogen-bond acceptors (Lipinski definition) is 5. The van der Waals surface area contributed by atoms with Crippen molar-refractivity contribution in [3.05, 3.63) is 64.2 Å². The van der Waals surface area contributed by atoms with Crippen molar-refractivity contribution in [1.29, 1.82) is 0 Å². The van der Waals surface area contributed by atoms with Crippen LogP contribution < -0.4 is 15.8 Å². The summed E-state index contributed by atoms with van der Waals surface area (Å²) >= 11 is 1.60. The molecule has 0 unspecified atom stereocenters. The van der Waals surface area contributed by atoms with Gasteiger partial charge in [0.1, 0.15) is 11.6 Å². The summed E-state index contributed by atoms with van der Waals surface area (Å²) in [6, 6.07) is 12.0. The van der Waals surface area contributed by atoms with Gasteiger partial charge >= 0.3 is 6.18 Å². The topological polar surface area (TPSA) is 40.5 Å². The van der Waals surface area contributed by atoms with Crippen molar-refractivity contribution in [1.82, 2.24) is 9.47 Å². The van der Waals surface area contributed by atoms with Gasteiger partial charge in [-0.15, -0.1) is 11.8 Å². The van der Waals surface area contributed by atoms with Crippen LogP contribution in [-0.4, -0.2) is 54.6 Å². The van der Waals surface area contributed by atoms with Gasteiger partial charge in [-0.2, -0.15) is 13.2 Å². The number of halogens is 4. The van der Waals surface area contributed by atoms with Crippen LogP contribution in [0.3, 0.4) is 0 Å². The minimum absolute atomic E-state index is 0.242. The average Bonchev–Trinajstić information content (AvgIpc) is 2.81. The molecule has 188 valence electrons. The van der Waals surface area contributed by atoms with Crippen molar-refractivity contribution >= 4 is 34.0 Å². The summed E-state index contributed by atoms with van der Waals surface area (Å²) in [6.45, 7) is 2.18. The SMILES string of the molecule is CSc1ccccc1N[C@H](C)c1cc(F)cc2c(=O)n(C)c(N3CCN(CC(F)(F)F)CC3)cc12. The number of nitrogens with zero attached hydrogens (tertiary/aromatic N) is 3. The number of para-hydroxylation sites is 1. The molecular formula is C25H28F4N4OS. The van der Waals surface area contributed by atoms with Crippen molar-refractivity contribution < 1.29 is 17.6 Å². The number of benzene rings is 2. The first-order valence-corrected chi connectivity index (χ1v) is 12.6. The van der Waals surface area contributed by atoms with Gasteiger partial charge < -0.3 is 10.2 Å². The quantitative estimate of drug-likeness (QED) is 0.364. The highest BCUT2D eigenvalue weighted by Crippen LogP contribution is 2.32. The van der Waals surface area contributed by atoms with Crippen LogP contribution in [0.25, 0.3) is 10.8 Å². The van der Waals surface area contributed by atoms with Crippen LogP contribution in [0.2, 0.25) is 0 Å². The molecule has 10 heteroatoms. The summed E-state index contributed by atoms with van der Waals surface area (Å²) < 4.78 is 54.4. The molecule has 0 aliphatic carbocycles. The number of anilines is 2. The number of rotatable bonds is 6. The second-order valence-corrected chi connectivity index (χ2v) is 9.62. The number of hydrogen-bond donors (Lipinski definition) is 1. The molecule has 1 saturated heterocycles. The van der Waals surface area contributed by atoms with Crippen LogP contribution in [-0.2, 0) is 7.05 Å². The van der Waals surface area contributed by atoms with Crippen molar-refractivity contribution in [2.45, 2.75) is 24.0 Å². The fourth-order valence-electron chi connectivity index (χ4n) is 4.61. The van der Waals surface area contributed by atoms with E-state index in [0.717, 1.165) is 10.6 Å². The van der Waals surface area contributed by atoms with E-state index in [4.69, 9.17) is 0 Å². The van der Waals surface area contributed by atoms with Gasteiger partial charge in [-0.3, -0.25) is 14.3 Å². The molecule has 0 bridgehead atoms. The maximum Gasteiger partial charge on any atom is 0.401 e. The third kappa shape index (κ3) is 5.59. The maximum atomic E-state index is 14.6. The third-order valence-corrected chi connectivity index (χ3v) is 7.17. The average molecular weight is 509 g/mol. The van der Waals surface area contributed by atoms with Gasteiger partial charge in [0.15, 0.2) is 0 Å². The maximum absolute atomic E-state index is 14.6. The number of fused-ring (bicyclic) bond motifs is 1.